The molecule has 1 amide bonds. The Hall–Kier alpha value is -2.84. The topological polar surface area (TPSA) is 87.2 Å². The molecule has 0 aromatic heterocycles. The van der Waals surface area contributed by atoms with Crippen LogP contribution in [0.1, 0.15) is 12.5 Å². The van der Waals surface area contributed by atoms with Crippen LogP contribution in [0.15, 0.2) is 59.5 Å². The van der Waals surface area contributed by atoms with Gasteiger partial charge in [0.1, 0.15) is 6.54 Å². The van der Waals surface area contributed by atoms with Crippen molar-refractivity contribution in [3.05, 3.63) is 60.2 Å². The van der Waals surface area contributed by atoms with Crippen LogP contribution in [0.3, 0.4) is 0 Å². The number of esters is 1. The number of thioether (sulfide) groups is 1. The zero-order valence-electron chi connectivity index (χ0n) is 16.7. The van der Waals surface area contributed by atoms with E-state index >= 15 is 0 Å². The number of para-hydroxylation sites is 1. The number of hydrogen-bond donors (Lipinski definition) is 1. The molecule has 0 bridgehead atoms. The summed E-state index contributed by atoms with van der Waals surface area (Å²) >= 11 is 1.48. The van der Waals surface area contributed by atoms with Gasteiger partial charge < -0.3 is 9.84 Å². The van der Waals surface area contributed by atoms with E-state index in [4.69, 9.17) is 4.74 Å². The first kappa shape index (κ1) is 21.9. The second-order valence-electron chi connectivity index (χ2n) is 6.81. The Bertz CT molecular complexity index is 905. The number of ether oxygens (including phenoxy) is 1. The Morgan fingerprint density at radius 1 is 1.17 bits per heavy atom. The molecule has 158 valence electrons. The minimum Gasteiger partial charge on any atom is -0.480 e. The highest BCUT2D eigenvalue weighted by Crippen LogP contribution is 2.35. The smallest absolute Gasteiger partial charge is 0.323 e. The highest BCUT2D eigenvalue weighted by Gasteiger charge is 2.36. The second-order valence-corrected chi connectivity index (χ2v) is 7.87. The molecular weight excluding hydrogens is 404 g/mol. The molecule has 2 aromatic carbocycles. The summed E-state index contributed by atoms with van der Waals surface area (Å²) in [6.45, 7) is 1.86. The zero-order chi connectivity index (χ0) is 21.5. The fourth-order valence-corrected chi connectivity index (χ4v) is 4.56. The first-order valence-corrected chi connectivity index (χ1v) is 10.7. The minimum atomic E-state index is -1.09. The van der Waals surface area contributed by atoms with Gasteiger partial charge in [0.15, 0.2) is 0 Å². The Morgan fingerprint density at radius 3 is 2.57 bits per heavy atom. The van der Waals surface area contributed by atoms with Gasteiger partial charge in [0.25, 0.3) is 0 Å². The molecule has 0 saturated carbocycles. The lowest BCUT2D eigenvalue weighted by atomic mass is 10.1. The largest absolute Gasteiger partial charge is 0.480 e. The van der Waals surface area contributed by atoms with Gasteiger partial charge >= 0.3 is 11.9 Å². The van der Waals surface area contributed by atoms with E-state index in [0.717, 1.165) is 10.5 Å². The molecule has 1 aliphatic heterocycles. The Balaban J connectivity index is 1.93. The van der Waals surface area contributed by atoms with E-state index in [1.54, 1.807) is 24.0 Å². The van der Waals surface area contributed by atoms with Gasteiger partial charge in [0.05, 0.1) is 24.9 Å². The van der Waals surface area contributed by atoms with Crippen LogP contribution >= 0.6 is 11.8 Å². The number of nitrogens with zero attached hydrogens (tertiary/aromatic N) is 2. The first-order chi connectivity index (χ1) is 14.5. The summed E-state index contributed by atoms with van der Waals surface area (Å²) in [6.07, 6.45) is 0. The molecule has 1 N–H and O–H groups in total. The average Bonchev–Trinajstić information content (AvgIpc) is 2.85. The molecule has 7 nitrogen and oxygen atoms in total. The maximum Gasteiger partial charge on any atom is 0.323 e. The Morgan fingerprint density at radius 2 is 1.87 bits per heavy atom. The van der Waals surface area contributed by atoms with E-state index in [1.807, 2.05) is 42.5 Å². The molecular formula is C22H24N2O5S. The predicted molar refractivity (Wildman–Crippen MR) is 114 cm³/mol. The number of aliphatic carboxylic acids is 1. The van der Waals surface area contributed by atoms with Crippen molar-refractivity contribution in [2.45, 2.75) is 24.4 Å². The summed E-state index contributed by atoms with van der Waals surface area (Å²) < 4.78 is 5.11. The zero-order valence-corrected chi connectivity index (χ0v) is 17.5. The summed E-state index contributed by atoms with van der Waals surface area (Å²) in [5, 5.41) is 9.39. The van der Waals surface area contributed by atoms with E-state index in [2.05, 4.69) is 0 Å². The van der Waals surface area contributed by atoms with Crippen molar-refractivity contribution >= 4 is 35.3 Å². The van der Waals surface area contributed by atoms with Crippen LogP contribution in [0.2, 0.25) is 0 Å². The Kier molecular flexibility index (Phi) is 7.48. The van der Waals surface area contributed by atoms with E-state index in [0.29, 0.717) is 18.0 Å². The molecule has 1 aliphatic rings. The van der Waals surface area contributed by atoms with E-state index in [-0.39, 0.29) is 19.1 Å². The highest BCUT2D eigenvalue weighted by atomic mass is 32.2. The summed E-state index contributed by atoms with van der Waals surface area (Å²) in [4.78, 5) is 41.1. The van der Waals surface area contributed by atoms with E-state index in [9.17, 15) is 19.5 Å². The van der Waals surface area contributed by atoms with Gasteiger partial charge in [-0.3, -0.25) is 24.2 Å². The molecule has 1 atom stereocenters. The summed E-state index contributed by atoms with van der Waals surface area (Å²) in [5.74, 6) is -1.45. The number of anilines is 1. The number of carboxylic acid groups (broad SMARTS) is 1. The quantitative estimate of drug-likeness (QED) is 0.647. The summed E-state index contributed by atoms with van der Waals surface area (Å²) in [6, 6.07) is 16.1. The monoisotopic (exact) mass is 428 g/mol. The van der Waals surface area contributed by atoms with Gasteiger partial charge in [-0.25, -0.2) is 0 Å². The second kappa shape index (κ2) is 10.3. The third-order valence-corrected chi connectivity index (χ3v) is 5.84. The number of hydrogen-bond acceptors (Lipinski definition) is 6. The van der Waals surface area contributed by atoms with E-state index < -0.39 is 24.5 Å². The molecule has 0 saturated heterocycles. The van der Waals surface area contributed by atoms with Crippen molar-refractivity contribution in [1.82, 2.24) is 4.90 Å². The molecule has 8 heteroatoms. The lowest BCUT2D eigenvalue weighted by molar-refractivity contribution is -0.146. The van der Waals surface area contributed by atoms with Crippen LogP contribution in [0, 0.1) is 0 Å². The SMILES string of the molecule is CCOC(=O)CN(Cc1ccccc1)C1CSc2ccccc2N(CC(=O)O)C1=O. The fraction of sp³-hybridized carbons (Fsp3) is 0.318. The van der Waals surface area contributed by atoms with Crippen LogP contribution < -0.4 is 4.90 Å². The lowest BCUT2D eigenvalue weighted by Gasteiger charge is -2.31. The van der Waals surface area contributed by atoms with Crippen molar-refractivity contribution in [3.63, 3.8) is 0 Å². The van der Waals surface area contributed by atoms with Crippen LogP contribution in [0.5, 0.6) is 0 Å². The molecule has 0 fully saturated rings. The molecule has 2 aromatic rings. The fourth-order valence-electron chi connectivity index (χ4n) is 3.37. The third-order valence-electron chi connectivity index (χ3n) is 4.70. The van der Waals surface area contributed by atoms with Crippen LogP contribution in [-0.2, 0) is 25.7 Å². The van der Waals surface area contributed by atoms with Crippen molar-refractivity contribution in [3.8, 4) is 0 Å². The molecule has 1 heterocycles. The van der Waals surface area contributed by atoms with Crippen molar-refractivity contribution in [1.29, 1.82) is 0 Å². The Labute approximate surface area is 179 Å². The number of rotatable bonds is 8. The molecule has 3 rings (SSSR count). The maximum atomic E-state index is 13.5. The summed E-state index contributed by atoms with van der Waals surface area (Å²) in [5.41, 5.74) is 1.53. The molecule has 0 radical (unpaired) electrons. The third kappa shape index (κ3) is 5.40. The van der Waals surface area contributed by atoms with Gasteiger partial charge in [-0.15, -0.1) is 11.8 Å². The van der Waals surface area contributed by atoms with Crippen molar-refractivity contribution in [2.24, 2.45) is 0 Å². The van der Waals surface area contributed by atoms with Crippen molar-refractivity contribution < 1.29 is 24.2 Å². The molecule has 0 spiro atoms. The number of carbonyl (C=O) groups excluding carboxylic acids is 2. The lowest BCUT2D eigenvalue weighted by Crippen LogP contribution is -2.52. The number of carbonyl (C=O) groups is 3. The number of fused-ring (bicyclic) bond motifs is 1. The van der Waals surface area contributed by atoms with Crippen LogP contribution in [0.25, 0.3) is 0 Å². The van der Waals surface area contributed by atoms with Gasteiger partial charge in [-0.05, 0) is 24.6 Å². The van der Waals surface area contributed by atoms with Crippen LogP contribution in [0.4, 0.5) is 5.69 Å². The van der Waals surface area contributed by atoms with Crippen LogP contribution in [-0.4, -0.2) is 59.3 Å². The van der Waals surface area contributed by atoms with E-state index in [1.165, 1.54) is 16.7 Å². The van der Waals surface area contributed by atoms with Gasteiger partial charge in [0, 0.05) is 17.2 Å². The maximum absolute atomic E-state index is 13.5. The average molecular weight is 429 g/mol. The van der Waals surface area contributed by atoms with Crippen molar-refractivity contribution in [2.75, 3.05) is 30.3 Å². The van der Waals surface area contributed by atoms with Gasteiger partial charge in [-0.1, -0.05) is 42.5 Å². The molecule has 30 heavy (non-hydrogen) atoms. The number of amides is 1. The summed E-state index contributed by atoms with van der Waals surface area (Å²) in [7, 11) is 0. The predicted octanol–water partition coefficient (Wildman–Crippen LogP) is 2.64. The minimum absolute atomic E-state index is 0.0586. The molecule has 0 aliphatic carbocycles. The van der Waals surface area contributed by atoms with Gasteiger partial charge in [0.2, 0.25) is 5.91 Å². The number of carboxylic acids is 1. The highest BCUT2D eigenvalue weighted by molar-refractivity contribution is 7.99. The van der Waals surface area contributed by atoms with Gasteiger partial charge in [-0.2, -0.15) is 0 Å². The normalized spacial score (nSPS) is 16.1. The molecule has 1 unspecified atom stereocenters. The number of benzene rings is 2. The first-order valence-electron chi connectivity index (χ1n) is 9.68. The standard InChI is InChI=1S/C22H24N2O5S/c1-2-29-21(27)14-23(12-16-8-4-3-5-9-16)18-15-30-19-11-7-6-10-17(19)24(22(18)28)13-20(25)26/h3-11,18H,2,12-15H2,1H3,(H,25,26).